The second-order valence-corrected chi connectivity index (χ2v) is 5.49. The number of carbonyl (C=O) groups is 2. The Morgan fingerprint density at radius 3 is 2.82 bits per heavy atom. The monoisotopic (exact) mass is 305 g/mol. The van der Waals surface area contributed by atoms with Crippen molar-refractivity contribution in [3.8, 4) is 0 Å². The number of anilines is 1. The number of amides is 3. The molecule has 6 nitrogen and oxygen atoms in total. The minimum Gasteiger partial charge on any atom is -0.383 e. The van der Waals surface area contributed by atoms with Crippen LogP contribution < -0.4 is 15.5 Å². The lowest BCUT2D eigenvalue weighted by molar-refractivity contribution is -0.118. The topological polar surface area (TPSA) is 70.7 Å². The van der Waals surface area contributed by atoms with Gasteiger partial charge < -0.3 is 20.3 Å². The molecule has 1 aliphatic rings. The molecule has 0 bridgehead atoms. The van der Waals surface area contributed by atoms with E-state index in [1.165, 1.54) is 5.56 Å². The van der Waals surface area contributed by atoms with Gasteiger partial charge in [-0.3, -0.25) is 4.79 Å². The number of hydrogen-bond acceptors (Lipinski definition) is 3. The van der Waals surface area contributed by atoms with Crippen LogP contribution in [0.4, 0.5) is 10.5 Å². The van der Waals surface area contributed by atoms with Crippen molar-refractivity contribution in [1.29, 1.82) is 0 Å². The smallest absolute Gasteiger partial charge is 0.315 e. The molecule has 0 saturated carbocycles. The van der Waals surface area contributed by atoms with Gasteiger partial charge >= 0.3 is 6.03 Å². The number of nitrogens with one attached hydrogen (secondary N) is 2. The Balaban J connectivity index is 1.94. The van der Waals surface area contributed by atoms with Gasteiger partial charge in [0.1, 0.15) is 6.04 Å². The fourth-order valence-electron chi connectivity index (χ4n) is 2.44. The van der Waals surface area contributed by atoms with Gasteiger partial charge in [-0.1, -0.05) is 6.07 Å². The number of nitrogens with zero attached hydrogens (tertiary/aromatic N) is 1. The Labute approximate surface area is 130 Å². The van der Waals surface area contributed by atoms with Crippen molar-refractivity contribution in [2.45, 2.75) is 26.3 Å². The Hall–Kier alpha value is -2.08. The first-order valence-corrected chi connectivity index (χ1v) is 7.45. The Morgan fingerprint density at radius 1 is 1.36 bits per heavy atom. The van der Waals surface area contributed by atoms with Crippen LogP contribution in [-0.2, 0) is 9.53 Å². The summed E-state index contributed by atoms with van der Waals surface area (Å²) in [4.78, 5) is 25.9. The predicted octanol–water partition coefficient (Wildman–Crippen LogP) is 1.35. The number of aryl methyl sites for hydroxylation is 2. The largest absolute Gasteiger partial charge is 0.383 e. The van der Waals surface area contributed by atoms with Gasteiger partial charge in [-0.2, -0.15) is 0 Å². The lowest BCUT2D eigenvalue weighted by Gasteiger charge is -2.18. The third kappa shape index (κ3) is 3.76. The van der Waals surface area contributed by atoms with Crippen molar-refractivity contribution in [2.75, 3.05) is 31.7 Å². The molecule has 2 N–H and O–H groups in total. The van der Waals surface area contributed by atoms with Crippen molar-refractivity contribution in [3.05, 3.63) is 29.3 Å². The van der Waals surface area contributed by atoms with E-state index in [-0.39, 0.29) is 11.9 Å². The van der Waals surface area contributed by atoms with Crippen LogP contribution in [-0.4, -0.2) is 44.8 Å². The number of carbonyl (C=O) groups excluding carboxylic acids is 2. The lowest BCUT2D eigenvalue weighted by Crippen LogP contribution is -2.46. The molecule has 22 heavy (non-hydrogen) atoms. The first-order valence-electron chi connectivity index (χ1n) is 7.45. The molecule has 0 aliphatic carbocycles. The lowest BCUT2D eigenvalue weighted by atomic mass is 10.1. The fourth-order valence-corrected chi connectivity index (χ4v) is 2.44. The van der Waals surface area contributed by atoms with E-state index in [9.17, 15) is 9.59 Å². The summed E-state index contributed by atoms with van der Waals surface area (Å²) in [6.07, 6.45) is 0.615. The summed E-state index contributed by atoms with van der Waals surface area (Å²) in [5.41, 5.74) is 3.24. The van der Waals surface area contributed by atoms with Gasteiger partial charge in [-0.05, 0) is 43.5 Å². The van der Waals surface area contributed by atoms with Crippen molar-refractivity contribution in [3.63, 3.8) is 0 Å². The van der Waals surface area contributed by atoms with Crippen LogP contribution in [0.2, 0.25) is 0 Å². The number of urea groups is 1. The highest BCUT2D eigenvalue weighted by molar-refractivity contribution is 6.01. The van der Waals surface area contributed by atoms with Crippen LogP contribution in [0.15, 0.2) is 18.2 Å². The van der Waals surface area contributed by atoms with Gasteiger partial charge in [0.05, 0.1) is 6.61 Å². The van der Waals surface area contributed by atoms with Crippen LogP contribution in [0.25, 0.3) is 0 Å². The summed E-state index contributed by atoms with van der Waals surface area (Å²) in [7, 11) is 1.57. The number of hydrogen-bond donors (Lipinski definition) is 2. The third-order valence-corrected chi connectivity index (χ3v) is 3.90. The fraction of sp³-hybridized carbons (Fsp3) is 0.500. The quantitative estimate of drug-likeness (QED) is 0.807. The number of ether oxygens (including phenoxy) is 1. The van der Waals surface area contributed by atoms with Gasteiger partial charge in [0.25, 0.3) is 0 Å². The summed E-state index contributed by atoms with van der Waals surface area (Å²) < 4.78 is 4.86. The molecule has 1 aromatic rings. The maximum Gasteiger partial charge on any atom is 0.315 e. The number of rotatable bonds is 5. The highest BCUT2D eigenvalue weighted by atomic mass is 16.5. The molecule has 2 rings (SSSR count). The highest BCUT2D eigenvalue weighted by Crippen LogP contribution is 2.24. The average Bonchev–Trinajstić information content (AvgIpc) is 2.84. The van der Waals surface area contributed by atoms with Gasteiger partial charge in [0.2, 0.25) is 5.91 Å². The van der Waals surface area contributed by atoms with Crippen molar-refractivity contribution in [2.24, 2.45) is 0 Å². The van der Waals surface area contributed by atoms with Gasteiger partial charge in [-0.15, -0.1) is 0 Å². The molecule has 0 radical (unpaired) electrons. The minimum atomic E-state index is -0.468. The molecule has 3 amide bonds. The second-order valence-electron chi connectivity index (χ2n) is 5.49. The van der Waals surface area contributed by atoms with E-state index in [0.717, 1.165) is 11.3 Å². The zero-order valence-electron chi connectivity index (χ0n) is 13.3. The van der Waals surface area contributed by atoms with Crippen LogP contribution >= 0.6 is 0 Å². The minimum absolute atomic E-state index is 0.0647. The van der Waals surface area contributed by atoms with Crippen molar-refractivity contribution < 1.29 is 14.3 Å². The standard InChI is InChI=1S/C16H23N3O3/c1-11-4-5-13(10-12(11)2)19-8-6-14(15(19)20)18-16(21)17-7-9-22-3/h4-5,10,14H,6-9H2,1-3H3,(H2,17,18,21). The summed E-state index contributed by atoms with van der Waals surface area (Å²) in [5, 5.41) is 5.37. The normalized spacial score (nSPS) is 17.7. The zero-order chi connectivity index (χ0) is 16.1. The summed E-state index contributed by atoms with van der Waals surface area (Å²) in [6, 6.07) is 5.16. The molecule has 120 valence electrons. The molecule has 6 heteroatoms. The molecule has 0 spiro atoms. The van der Waals surface area contributed by atoms with Crippen LogP contribution in [0.3, 0.4) is 0 Å². The van der Waals surface area contributed by atoms with Crippen molar-refractivity contribution >= 4 is 17.6 Å². The summed E-state index contributed by atoms with van der Waals surface area (Å²) in [6.45, 7) is 5.55. The van der Waals surface area contributed by atoms with E-state index < -0.39 is 6.04 Å². The molecule has 1 atom stereocenters. The average molecular weight is 305 g/mol. The molecular formula is C16H23N3O3. The van der Waals surface area contributed by atoms with Crippen molar-refractivity contribution in [1.82, 2.24) is 10.6 Å². The highest BCUT2D eigenvalue weighted by Gasteiger charge is 2.33. The summed E-state index contributed by atoms with van der Waals surface area (Å²) in [5.74, 6) is -0.0647. The van der Waals surface area contributed by atoms with Crippen LogP contribution in [0.5, 0.6) is 0 Å². The number of benzene rings is 1. The molecule has 1 aliphatic heterocycles. The Bertz CT molecular complexity index is 560. The van der Waals surface area contributed by atoms with E-state index in [2.05, 4.69) is 10.6 Å². The van der Waals surface area contributed by atoms with E-state index >= 15 is 0 Å². The predicted molar refractivity (Wildman–Crippen MR) is 85.1 cm³/mol. The van der Waals surface area contributed by atoms with E-state index in [1.54, 1.807) is 12.0 Å². The molecule has 1 fully saturated rings. The van der Waals surface area contributed by atoms with Gasteiger partial charge in [0, 0.05) is 25.9 Å². The molecule has 1 aromatic carbocycles. The van der Waals surface area contributed by atoms with E-state index in [1.807, 2.05) is 32.0 Å². The van der Waals surface area contributed by atoms with E-state index in [4.69, 9.17) is 4.74 Å². The van der Waals surface area contributed by atoms with Crippen LogP contribution in [0.1, 0.15) is 17.5 Å². The first-order chi connectivity index (χ1) is 10.5. The Morgan fingerprint density at radius 2 is 2.14 bits per heavy atom. The molecule has 1 heterocycles. The number of methoxy groups -OCH3 is 1. The SMILES string of the molecule is COCCNC(=O)NC1CCN(c2ccc(C)c(C)c2)C1=O. The molecular weight excluding hydrogens is 282 g/mol. The Kier molecular flexibility index (Phi) is 5.38. The van der Waals surface area contributed by atoms with Gasteiger partial charge in [0.15, 0.2) is 0 Å². The first kappa shape index (κ1) is 16.3. The molecule has 1 saturated heterocycles. The zero-order valence-corrected chi connectivity index (χ0v) is 13.3. The second kappa shape index (κ2) is 7.26. The van der Waals surface area contributed by atoms with E-state index in [0.29, 0.717) is 26.1 Å². The van der Waals surface area contributed by atoms with Crippen LogP contribution in [0, 0.1) is 13.8 Å². The molecule has 1 unspecified atom stereocenters. The maximum absolute atomic E-state index is 12.4. The molecule has 0 aromatic heterocycles. The van der Waals surface area contributed by atoms with Gasteiger partial charge in [-0.25, -0.2) is 4.79 Å². The third-order valence-electron chi connectivity index (χ3n) is 3.90. The summed E-state index contributed by atoms with van der Waals surface area (Å²) >= 11 is 0. The maximum atomic E-state index is 12.4.